The van der Waals surface area contributed by atoms with Gasteiger partial charge in [0.2, 0.25) is 0 Å². The van der Waals surface area contributed by atoms with Crippen LogP contribution in [-0.4, -0.2) is 16.7 Å². The van der Waals surface area contributed by atoms with Crippen LogP contribution >= 0.6 is 11.6 Å². The molecule has 1 unspecified atom stereocenters. The van der Waals surface area contributed by atoms with Crippen LogP contribution in [0.3, 0.4) is 0 Å². The van der Waals surface area contributed by atoms with E-state index in [4.69, 9.17) is 11.6 Å². The summed E-state index contributed by atoms with van der Waals surface area (Å²) in [4.78, 5) is 4.43. The molecule has 3 rings (SSSR count). The molecule has 0 bridgehead atoms. The highest BCUT2D eigenvalue weighted by atomic mass is 35.5. The monoisotopic (exact) mass is 298 g/mol. The lowest BCUT2D eigenvalue weighted by molar-refractivity contribution is 0.277. The van der Waals surface area contributed by atoms with Crippen molar-refractivity contribution in [2.75, 3.05) is 11.9 Å². The average molecular weight is 299 g/mol. The standard InChI is InChI=1S/C17H15ClN2O/c18-13-6-8-14(9-7-13)20-16(11-21)15-5-1-3-12-4-2-10-19-17(12)15/h1-10,16,20-21H,11H2. The molecule has 1 atom stereocenters. The lowest BCUT2D eigenvalue weighted by Gasteiger charge is -2.19. The van der Waals surface area contributed by atoms with Crippen molar-refractivity contribution in [1.29, 1.82) is 0 Å². The second-order valence-electron chi connectivity index (χ2n) is 4.81. The van der Waals surface area contributed by atoms with Crippen molar-refractivity contribution in [3.05, 3.63) is 71.4 Å². The van der Waals surface area contributed by atoms with E-state index in [1.165, 1.54) is 0 Å². The summed E-state index contributed by atoms with van der Waals surface area (Å²) in [6, 6.07) is 17.1. The summed E-state index contributed by atoms with van der Waals surface area (Å²) in [6.07, 6.45) is 1.77. The maximum absolute atomic E-state index is 9.74. The molecule has 4 heteroatoms. The van der Waals surface area contributed by atoms with Gasteiger partial charge in [0, 0.05) is 27.9 Å². The highest BCUT2D eigenvalue weighted by Crippen LogP contribution is 2.26. The molecule has 0 amide bonds. The van der Waals surface area contributed by atoms with Crippen molar-refractivity contribution >= 4 is 28.2 Å². The Morgan fingerprint density at radius 3 is 2.57 bits per heavy atom. The van der Waals surface area contributed by atoms with Gasteiger partial charge in [0.1, 0.15) is 0 Å². The number of aliphatic hydroxyl groups is 1. The zero-order valence-corrected chi connectivity index (χ0v) is 12.1. The van der Waals surface area contributed by atoms with Gasteiger partial charge in [0.05, 0.1) is 18.2 Å². The highest BCUT2D eigenvalue weighted by molar-refractivity contribution is 6.30. The number of anilines is 1. The summed E-state index contributed by atoms with van der Waals surface area (Å²) in [5, 5.41) is 14.8. The molecule has 0 saturated carbocycles. The van der Waals surface area contributed by atoms with Crippen LogP contribution in [0.25, 0.3) is 10.9 Å². The number of para-hydroxylation sites is 1. The first-order valence-corrected chi connectivity index (χ1v) is 7.12. The van der Waals surface area contributed by atoms with Crippen molar-refractivity contribution in [1.82, 2.24) is 4.98 Å². The van der Waals surface area contributed by atoms with Crippen molar-refractivity contribution < 1.29 is 5.11 Å². The number of hydrogen-bond donors (Lipinski definition) is 2. The maximum Gasteiger partial charge on any atom is 0.0766 e. The topological polar surface area (TPSA) is 45.1 Å². The Morgan fingerprint density at radius 2 is 1.81 bits per heavy atom. The number of hydrogen-bond acceptors (Lipinski definition) is 3. The third kappa shape index (κ3) is 2.99. The molecule has 1 heterocycles. The van der Waals surface area contributed by atoms with Crippen molar-refractivity contribution in [2.45, 2.75) is 6.04 Å². The molecule has 1 aromatic heterocycles. The van der Waals surface area contributed by atoms with Crippen LogP contribution in [-0.2, 0) is 0 Å². The smallest absolute Gasteiger partial charge is 0.0766 e. The maximum atomic E-state index is 9.74. The Balaban J connectivity index is 1.96. The van der Waals surface area contributed by atoms with Gasteiger partial charge in [0.25, 0.3) is 0 Å². The molecular weight excluding hydrogens is 284 g/mol. The van der Waals surface area contributed by atoms with Gasteiger partial charge in [-0.25, -0.2) is 0 Å². The molecule has 2 N–H and O–H groups in total. The predicted octanol–water partition coefficient (Wildman–Crippen LogP) is 4.03. The predicted molar refractivity (Wildman–Crippen MR) is 86.6 cm³/mol. The number of aromatic nitrogens is 1. The number of aliphatic hydroxyl groups excluding tert-OH is 1. The fourth-order valence-electron chi connectivity index (χ4n) is 2.38. The summed E-state index contributed by atoms with van der Waals surface area (Å²) in [5.74, 6) is 0. The summed E-state index contributed by atoms with van der Waals surface area (Å²) < 4.78 is 0. The fraction of sp³-hybridized carbons (Fsp3) is 0.118. The second-order valence-corrected chi connectivity index (χ2v) is 5.25. The van der Waals surface area contributed by atoms with Gasteiger partial charge in [-0.1, -0.05) is 35.9 Å². The molecule has 0 aliphatic heterocycles. The van der Waals surface area contributed by atoms with Gasteiger partial charge in [-0.15, -0.1) is 0 Å². The quantitative estimate of drug-likeness (QED) is 0.764. The Labute approximate surface area is 128 Å². The summed E-state index contributed by atoms with van der Waals surface area (Å²) >= 11 is 5.89. The number of halogens is 1. The minimum atomic E-state index is -0.218. The van der Waals surface area contributed by atoms with Gasteiger partial charge in [-0.2, -0.15) is 0 Å². The summed E-state index contributed by atoms with van der Waals surface area (Å²) in [7, 11) is 0. The molecule has 0 saturated heterocycles. The first kappa shape index (κ1) is 13.9. The van der Waals surface area contributed by atoms with E-state index >= 15 is 0 Å². The zero-order chi connectivity index (χ0) is 14.7. The lowest BCUT2D eigenvalue weighted by atomic mass is 10.0. The Morgan fingerprint density at radius 1 is 1.05 bits per heavy atom. The molecule has 3 aromatic rings. The van der Waals surface area contributed by atoms with E-state index in [2.05, 4.69) is 10.3 Å². The fourth-order valence-corrected chi connectivity index (χ4v) is 2.50. The van der Waals surface area contributed by atoms with E-state index in [0.29, 0.717) is 5.02 Å². The van der Waals surface area contributed by atoms with Crippen LogP contribution in [0.5, 0.6) is 0 Å². The number of nitrogens with one attached hydrogen (secondary N) is 1. The molecule has 2 aromatic carbocycles. The van der Waals surface area contributed by atoms with Gasteiger partial charge >= 0.3 is 0 Å². The van der Waals surface area contributed by atoms with E-state index in [0.717, 1.165) is 22.2 Å². The van der Waals surface area contributed by atoms with Gasteiger partial charge in [-0.05, 0) is 30.3 Å². The average Bonchev–Trinajstić information content (AvgIpc) is 2.54. The van der Waals surface area contributed by atoms with Crippen molar-refractivity contribution in [3.8, 4) is 0 Å². The van der Waals surface area contributed by atoms with Gasteiger partial charge in [0.15, 0.2) is 0 Å². The van der Waals surface area contributed by atoms with E-state index in [-0.39, 0.29) is 12.6 Å². The molecule has 21 heavy (non-hydrogen) atoms. The van der Waals surface area contributed by atoms with Crippen LogP contribution < -0.4 is 5.32 Å². The van der Waals surface area contributed by atoms with E-state index in [1.54, 1.807) is 6.20 Å². The van der Waals surface area contributed by atoms with Gasteiger partial charge in [-0.3, -0.25) is 4.98 Å². The molecule has 0 aliphatic rings. The molecule has 3 nitrogen and oxygen atoms in total. The molecule has 0 aliphatic carbocycles. The molecular formula is C17H15ClN2O. The van der Waals surface area contributed by atoms with Crippen LogP contribution in [0.15, 0.2) is 60.8 Å². The molecule has 0 spiro atoms. The van der Waals surface area contributed by atoms with E-state index in [9.17, 15) is 5.11 Å². The highest BCUT2D eigenvalue weighted by Gasteiger charge is 2.14. The van der Waals surface area contributed by atoms with Crippen molar-refractivity contribution in [2.24, 2.45) is 0 Å². The molecule has 0 radical (unpaired) electrons. The first-order valence-electron chi connectivity index (χ1n) is 6.74. The van der Waals surface area contributed by atoms with Gasteiger partial charge < -0.3 is 10.4 Å². The third-order valence-electron chi connectivity index (χ3n) is 3.41. The Bertz CT molecular complexity index is 738. The Hall–Kier alpha value is -2.10. The summed E-state index contributed by atoms with van der Waals surface area (Å²) in [5.41, 5.74) is 2.79. The van der Waals surface area contributed by atoms with E-state index < -0.39 is 0 Å². The number of nitrogens with zero attached hydrogens (tertiary/aromatic N) is 1. The third-order valence-corrected chi connectivity index (χ3v) is 3.66. The molecule has 106 valence electrons. The SMILES string of the molecule is OCC(Nc1ccc(Cl)cc1)c1cccc2cccnc12. The normalized spacial score (nSPS) is 12.3. The van der Waals surface area contributed by atoms with Crippen LogP contribution in [0.2, 0.25) is 5.02 Å². The Kier molecular flexibility index (Phi) is 4.04. The van der Waals surface area contributed by atoms with Crippen LogP contribution in [0.1, 0.15) is 11.6 Å². The minimum Gasteiger partial charge on any atom is -0.394 e. The van der Waals surface area contributed by atoms with Crippen molar-refractivity contribution in [3.63, 3.8) is 0 Å². The number of benzene rings is 2. The largest absolute Gasteiger partial charge is 0.394 e. The first-order chi connectivity index (χ1) is 10.3. The zero-order valence-electron chi connectivity index (χ0n) is 11.3. The minimum absolute atomic E-state index is 0.0156. The number of fused-ring (bicyclic) bond motifs is 1. The number of rotatable bonds is 4. The second kappa shape index (κ2) is 6.12. The van der Waals surface area contributed by atoms with E-state index in [1.807, 2.05) is 54.6 Å². The molecule has 0 fully saturated rings. The van der Waals surface area contributed by atoms with Crippen LogP contribution in [0, 0.1) is 0 Å². The lowest BCUT2D eigenvalue weighted by Crippen LogP contribution is -2.15. The number of pyridine rings is 1. The van der Waals surface area contributed by atoms with Crippen LogP contribution in [0.4, 0.5) is 5.69 Å². The summed E-state index contributed by atoms with van der Waals surface area (Å²) in [6.45, 7) is -0.0156.